The van der Waals surface area contributed by atoms with E-state index in [4.69, 9.17) is 16.3 Å². The molecule has 0 aliphatic heterocycles. The molecular formula is C15H9ClN2O7. The molecule has 0 bridgehead atoms. The minimum absolute atomic E-state index is 0.0202. The molecule has 0 spiro atoms. The Morgan fingerprint density at radius 2 is 1.64 bits per heavy atom. The van der Waals surface area contributed by atoms with E-state index in [-0.39, 0.29) is 16.9 Å². The second kappa shape index (κ2) is 7.49. The van der Waals surface area contributed by atoms with Gasteiger partial charge in [0.15, 0.2) is 0 Å². The van der Waals surface area contributed by atoms with E-state index in [2.05, 4.69) is 0 Å². The van der Waals surface area contributed by atoms with Crippen molar-refractivity contribution in [3.8, 4) is 5.75 Å². The van der Waals surface area contributed by atoms with Crippen LogP contribution in [0.25, 0.3) is 0 Å². The number of halogens is 1. The van der Waals surface area contributed by atoms with Crippen molar-refractivity contribution in [1.29, 1.82) is 0 Å². The van der Waals surface area contributed by atoms with Gasteiger partial charge in [0.2, 0.25) is 0 Å². The maximum atomic E-state index is 11.9. The quantitative estimate of drug-likeness (QED) is 0.253. The highest BCUT2D eigenvalue weighted by Gasteiger charge is 2.21. The zero-order valence-electron chi connectivity index (χ0n) is 12.4. The van der Waals surface area contributed by atoms with E-state index in [0.717, 1.165) is 18.2 Å². The number of nitro groups is 2. The van der Waals surface area contributed by atoms with Gasteiger partial charge in [-0.15, -0.1) is 0 Å². The summed E-state index contributed by atoms with van der Waals surface area (Å²) in [5.74, 6) is -0.682. The van der Waals surface area contributed by atoms with E-state index in [9.17, 15) is 29.8 Å². The lowest BCUT2D eigenvalue weighted by atomic mass is 10.1. The molecule has 9 nitrogen and oxygen atoms in total. The average Bonchev–Trinajstić information content (AvgIpc) is 2.55. The first-order chi connectivity index (χ1) is 11.8. The topological polar surface area (TPSA) is 130 Å². The molecule has 0 unspecified atom stereocenters. The molecule has 0 fully saturated rings. The lowest BCUT2D eigenvalue weighted by molar-refractivity contribution is -0.394. The molecule has 0 saturated heterocycles. The lowest BCUT2D eigenvalue weighted by Gasteiger charge is -2.05. The average molecular weight is 365 g/mol. The summed E-state index contributed by atoms with van der Waals surface area (Å²) in [5.41, 5.74) is -0.806. The highest BCUT2D eigenvalue weighted by atomic mass is 35.5. The molecule has 0 N–H and O–H groups in total. The van der Waals surface area contributed by atoms with Crippen LogP contribution in [0.1, 0.15) is 15.9 Å². The summed E-state index contributed by atoms with van der Waals surface area (Å²) in [5, 5.41) is 21.0. The van der Waals surface area contributed by atoms with Crippen LogP contribution in [0.5, 0.6) is 5.75 Å². The van der Waals surface area contributed by atoms with Gasteiger partial charge in [0.05, 0.1) is 22.3 Å². The predicted molar refractivity (Wildman–Crippen MR) is 85.7 cm³/mol. The van der Waals surface area contributed by atoms with Gasteiger partial charge in [-0.2, -0.15) is 0 Å². The lowest BCUT2D eigenvalue weighted by Crippen LogP contribution is -2.12. The summed E-state index contributed by atoms with van der Waals surface area (Å²) in [4.78, 5) is 43.0. The molecule has 0 aliphatic rings. The van der Waals surface area contributed by atoms with Crippen LogP contribution in [-0.2, 0) is 11.2 Å². The smallest absolute Gasteiger partial charge is 0.315 e. The Labute approximate surface area is 145 Å². The fraction of sp³-hybridized carbons (Fsp3) is 0.0667. The van der Waals surface area contributed by atoms with Crippen molar-refractivity contribution in [2.75, 3.05) is 0 Å². The number of benzene rings is 2. The zero-order chi connectivity index (χ0) is 18.6. The third-order valence-corrected chi connectivity index (χ3v) is 3.34. The summed E-state index contributed by atoms with van der Waals surface area (Å²) in [6.07, 6.45) is -0.454. The first-order valence-electron chi connectivity index (χ1n) is 6.70. The van der Waals surface area contributed by atoms with Crippen LogP contribution in [0.4, 0.5) is 11.4 Å². The van der Waals surface area contributed by atoms with Crippen LogP contribution in [0.2, 0.25) is 0 Å². The number of ether oxygens (including phenoxy) is 1. The molecule has 25 heavy (non-hydrogen) atoms. The normalized spacial score (nSPS) is 10.1. The van der Waals surface area contributed by atoms with Crippen LogP contribution in [-0.4, -0.2) is 21.1 Å². The number of nitrogens with zero attached hydrogens (tertiary/aromatic N) is 2. The fourth-order valence-electron chi connectivity index (χ4n) is 1.96. The third kappa shape index (κ3) is 4.58. The van der Waals surface area contributed by atoms with E-state index in [1.54, 1.807) is 0 Å². The van der Waals surface area contributed by atoms with Crippen molar-refractivity contribution >= 4 is 34.2 Å². The first kappa shape index (κ1) is 18.0. The number of hydrogen-bond donors (Lipinski definition) is 0. The Balaban J connectivity index is 2.15. The maximum absolute atomic E-state index is 11.9. The van der Waals surface area contributed by atoms with Crippen molar-refractivity contribution in [3.05, 3.63) is 73.8 Å². The van der Waals surface area contributed by atoms with Crippen molar-refractivity contribution in [2.24, 2.45) is 0 Å². The van der Waals surface area contributed by atoms with Gasteiger partial charge in [0.25, 0.3) is 16.6 Å². The van der Waals surface area contributed by atoms with Crippen LogP contribution in [0.15, 0.2) is 42.5 Å². The number of carbonyl (C=O) groups is 2. The monoisotopic (exact) mass is 364 g/mol. The van der Waals surface area contributed by atoms with Crippen LogP contribution in [0.3, 0.4) is 0 Å². The van der Waals surface area contributed by atoms with Gasteiger partial charge in [0.1, 0.15) is 5.75 Å². The van der Waals surface area contributed by atoms with Crippen LogP contribution >= 0.6 is 11.6 Å². The van der Waals surface area contributed by atoms with Gasteiger partial charge in [0, 0.05) is 17.2 Å². The van der Waals surface area contributed by atoms with Gasteiger partial charge >= 0.3 is 5.97 Å². The standard InChI is InChI=1S/C15H9ClN2O7/c16-15(20)9-2-5-12(6-3-9)25-14(19)7-10-1-4-11(17(21)22)8-13(10)18(23)24/h1-6,8H,7H2. The molecule has 0 atom stereocenters. The van der Waals surface area contributed by atoms with Gasteiger partial charge in [-0.3, -0.25) is 29.8 Å². The van der Waals surface area contributed by atoms with Crippen molar-refractivity contribution in [1.82, 2.24) is 0 Å². The number of nitro benzene ring substituents is 2. The molecule has 0 heterocycles. The van der Waals surface area contributed by atoms with E-state index in [1.165, 1.54) is 24.3 Å². The number of carbonyl (C=O) groups excluding carboxylic acids is 2. The zero-order valence-corrected chi connectivity index (χ0v) is 13.1. The van der Waals surface area contributed by atoms with E-state index in [1.807, 2.05) is 0 Å². The first-order valence-corrected chi connectivity index (χ1v) is 7.08. The number of non-ortho nitro benzene ring substituents is 1. The van der Waals surface area contributed by atoms with Crippen molar-refractivity contribution in [3.63, 3.8) is 0 Å². The van der Waals surface area contributed by atoms with E-state index < -0.39 is 38.9 Å². The third-order valence-electron chi connectivity index (χ3n) is 3.12. The van der Waals surface area contributed by atoms with Crippen LogP contribution < -0.4 is 4.74 Å². The number of esters is 1. The Morgan fingerprint density at radius 3 is 2.16 bits per heavy atom. The van der Waals surface area contributed by atoms with Gasteiger partial charge < -0.3 is 4.74 Å². The fourth-order valence-corrected chi connectivity index (χ4v) is 2.09. The van der Waals surface area contributed by atoms with Crippen LogP contribution in [0, 0.1) is 20.2 Å². The predicted octanol–water partition coefficient (Wildman–Crippen LogP) is 3.03. The summed E-state index contributed by atoms with van der Waals surface area (Å²) in [7, 11) is 0. The Hall–Kier alpha value is -3.33. The Kier molecular flexibility index (Phi) is 5.40. The van der Waals surface area contributed by atoms with Gasteiger partial charge in [-0.25, -0.2) is 0 Å². The Morgan fingerprint density at radius 1 is 1.00 bits per heavy atom. The molecule has 10 heteroatoms. The van der Waals surface area contributed by atoms with Gasteiger partial charge in [-0.05, 0) is 41.9 Å². The molecule has 0 radical (unpaired) electrons. The summed E-state index contributed by atoms with van der Waals surface area (Å²) in [6.45, 7) is 0. The molecule has 128 valence electrons. The molecule has 2 aromatic rings. The van der Waals surface area contributed by atoms with Gasteiger partial charge in [-0.1, -0.05) is 0 Å². The minimum Gasteiger partial charge on any atom is -0.426 e. The minimum atomic E-state index is -0.809. The molecule has 0 aromatic heterocycles. The largest absolute Gasteiger partial charge is 0.426 e. The number of hydrogen-bond acceptors (Lipinski definition) is 7. The summed E-state index contributed by atoms with van der Waals surface area (Å²) >= 11 is 5.29. The molecule has 0 amide bonds. The highest BCUT2D eigenvalue weighted by Crippen LogP contribution is 2.25. The van der Waals surface area contributed by atoms with E-state index in [0.29, 0.717) is 0 Å². The Bertz CT molecular complexity index is 865. The van der Waals surface area contributed by atoms with E-state index >= 15 is 0 Å². The maximum Gasteiger partial charge on any atom is 0.315 e. The molecule has 0 aliphatic carbocycles. The molecule has 0 saturated carbocycles. The summed E-state index contributed by atoms with van der Waals surface area (Å²) in [6, 6.07) is 8.38. The van der Waals surface area contributed by atoms with Crippen molar-refractivity contribution < 1.29 is 24.2 Å². The highest BCUT2D eigenvalue weighted by molar-refractivity contribution is 6.67. The number of rotatable bonds is 6. The molecular weight excluding hydrogens is 356 g/mol. The second-order valence-electron chi connectivity index (χ2n) is 4.78. The SMILES string of the molecule is O=C(Cc1ccc([N+](=O)[O-])cc1[N+](=O)[O-])Oc1ccc(C(=O)Cl)cc1. The summed E-state index contributed by atoms with van der Waals surface area (Å²) < 4.78 is 5.02. The second-order valence-corrected chi connectivity index (χ2v) is 5.12. The van der Waals surface area contributed by atoms with Crippen molar-refractivity contribution in [2.45, 2.75) is 6.42 Å². The molecule has 2 aromatic carbocycles. The molecule has 2 rings (SSSR count).